The van der Waals surface area contributed by atoms with Gasteiger partial charge in [-0.1, -0.05) is 6.07 Å². The molecule has 0 bridgehead atoms. The number of aromatic nitrogens is 2. The first-order valence-corrected chi connectivity index (χ1v) is 9.26. The number of nitrogens with one attached hydrogen (secondary N) is 1. The van der Waals surface area contributed by atoms with E-state index in [4.69, 9.17) is 5.10 Å². The molecule has 25 heavy (non-hydrogen) atoms. The van der Waals surface area contributed by atoms with Crippen LogP contribution in [0.5, 0.6) is 0 Å². The lowest BCUT2D eigenvalue weighted by Crippen LogP contribution is -2.08. The maximum Gasteiger partial charge on any atom is 0.335 e. The average Bonchev–Trinajstić information content (AvgIpc) is 3.10. The summed E-state index contributed by atoms with van der Waals surface area (Å²) in [6.45, 7) is 2.99. The van der Waals surface area contributed by atoms with Gasteiger partial charge in [-0.15, -0.1) is 11.3 Å². The lowest BCUT2D eigenvalue weighted by atomic mass is 10.1. The van der Waals surface area contributed by atoms with E-state index < -0.39 is 5.97 Å². The molecule has 3 heterocycles. The first-order chi connectivity index (χ1) is 12.1. The normalized spacial score (nSPS) is 13.8. The Morgan fingerprint density at radius 1 is 1.32 bits per heavy atom. The number of rotatable bonds is 3. The Labute approximate surface area is 149 Å². The van der Waals surface area contributed by atoms with Gasteiger partial charge in [0.2, 0.25) is 0 Å². The Kier molecular flexibility index (Phi) is 4.05. The molecule has 0 atom stereocenters. The number of hydrogen-bond acceptors (Lipinski definition) is 4. The highest BCUT2D eigenvalue weighted by Crippen LogP contribution is 2.36. The van der Waals surface area contributed by atoms with Crippen molar-refractivity contribution in [1.82, 2.24) is 9.78 Å². The number of aryl methyl sites for hydroxylation is 1. The molecule has 0 unspecified atom stereocenters. The number of benzene rings is 1. The molecule has 0 amide bonds. The molecular weight excluding hydrogens is 334 g/mol. The first-order valence-electron chi connectivity index (χ1n) is 8.38. The van der Waals surface area contributed by atoms with Gasteiger partial charge in [0.05, 0.1) is 16.1 Å². The van der Waals surface area contributed by atoms with Gasteiger partial charge < -0.3 is 10.4 Å². The average molecular weight is 353 g/mol. The molecule has 1 aromatic carbocycles. The number of carboxylic acids is 1. The Bertz CT molecular complexity index is 942. The summed E-state index contributed by atoms with van der Waals surface area (Å²) in [4.78, 5) is 12.5. The Balaban J connectivity index is 1.89. The van der Waals surface area contributed by atoms with E-state index in [9.17, 15) is 9.90 Å². The van der Waals surface area contributed by atoms with Crippen molar-refractivity contribution < 1.29 is 9.90 Å². The monoisotopic (exact) mass is 353 g/mol. The van der Waals surface area contributed by atoms with Gasteiger partial charge in [-0.2, -0.15) is 5.10 Å². The molecule has 0 aliphatic carbocycles. The van der Waals surface area contributed by atoms with Crippen molar-refractivity contribution in [3.05, 3.63) is 52.4 Å². The predicted octanol–water partition coefficient (Wildman–Crippen LogP) is 4.36. The number of nitrogens with zero attached hydrogens (tertiary/aromatic N) is 2. The summed E-state index contributed by atoms with van der Waals surface area (Å²) in [6.07, 6.45) is 3.22. The highest BCUT2D eigenvalue weighted by molar-refractivity contribution is 7.13. The van der Waals surface area contributed by atoms with Crippen molar-refractivity contribution in [1.29, 1.82) is 0 Å². The number of fused-ring (bicyclic) bond motifs is 1. The van der Waals surface area contributed by atoms with Crippen LogP contribution in [0.1, 0.15) is 34.3 Å². The van der Waals surface area contributed by atoms with Crippen molar-refractivity contribution in [3.63, 3.8) is 0 Å². The molecule has 6 heteroatoms. The maximum absolute atomic E-state index is 11.3. The van der Waals surface area contributed by atoms with Crippen LogP contribution in [0.25, 0.3) is 16.3 Å². The molecule has 2 aromatic heterocycles. The van der Waals surface area contributed by atoms with E-state index in [1.54, 1.807) is 29.5 Å². The fourth-order valence-corrected chi connectivity index (χ4v) is 4.12. The van der Waals surface area contributed by atoms with Crippen LogP contribution in [0, 0.1) is 6.92 Å². The fourth-order valence-electron chi connectivity index (χ4n) is 3.21. The number of anilines is 1. The lowest BCUT2D eigenvalue weighted by Gasteiger charge is -2.09. The zero-order valence-electron chi connectivity index (χ0n) is 14.0. The van der Waals surface area contributed by atoms with Gasteiger partial charge in [0.25, 0.3) is 0 Å². The summed E-state index contributed by atoms with van der Waals surface area (Å²) in [5.74, 6) is 0.0586. The number of hydrogen-bond donors (Lipinski definition) is 2. The van der Waals surface area contributed by atoms with Crippen LogP contribution in [-0.2, 0) is 6.42 Å². The molecule has 3 aromatic rings. The van der Waals surface area contributed by atoms with Gasteiger partial charge in [-0.25, -0.2) is 9.48 Å². The third-order valence-electron chi connectivity index (χ3n) is 4.43. The van der Waals surface area contributed by atoms with Crippen molar-refractivity contribution in [3.8, 4) is 16.3 Å². The van der Waals surface area contributed by atoms with E-state index in [2.05, 4.69) is 23.7 Å². The SMILES string of the molecule is Cc1csc(-c2nn(-c3cccc(C(=O)O)c3)c3c2CCCCN3)c1. The minimum atomic E-state index is -0.929. The molecule has 1 aliphatic rings. The molecular formula is C19H19N3O2S. The van der Waals surface area contributed by atoms with Crippen LogP contribution in [0.3, 0.4) is 0 Å². The Hall–Kier alpha value is -2.60. The Morgan fingerprint density at radius 3 is 2.96 bits per heavy atom. The largest absolute Gasteiger partial charge is 0.478 e. The summed E-state index contributed by atoms with van der Waals surface area (Å²) >= 11 is 1.70. The first kappa shape index (κ1) is 15.9. The topological polar surface area (TPSA) is 67.2 Å². The number of carbonyl (C=O) groups is 1. The van der Waals surface area contributed by atoms with Crippen LogP contribution in [0.15, 0.2) is 35.7 Å². The predicted molar refractivity (Wildman–Crippen MR) is 100 cm³/mol. The molecule has 0 spiro atoms. The third-order valence-corrected chi connectivity index (χ3v) is 5.49. The number of carboxylic acid groups (broad SMARTS) is 1. The molecule has 2 N–H and O–H groups in total. The quantitative estimate of drug-likeness (QED) is 0.734. The molecule has 0 fully saturated rings. The zero-order valence-corrected chi connectivity index (χ0v) is 14.8. The van der Waals surface area contributed by atoms with Crippen molar-refractivity contribution in [2.45, 2.75) is 26.2 Å². The van der Waals surface area contributed by atoms with E-state index in [-0.39, 0.29) is 5.56 Å². The zero-order chi connectivity index (χ0) is 17.4. The molecule has 0 radical (unpaired) electrons. The highest BCUT2D eigenvalue weighted by atomic mass is 32.1. The Morgan fingerprint density at radius 2 is 2.20 bits per heavy atom. The van der Waals surface area contributed by atoms with Gasteiger partial charge in [0, 0.05) is 12.1 Å². The van der Waals surface area contributed by atoms with Gasteiger partial charge >= 0.3 is 5.97 Å². The highest BCUT2D eigenvalue weighted by Gasteiger charge is 2.22. The molecule has 128 valence electrons. The van der Waals surface area contributed by atoms with Crippen LogP contribution < -0.4 is 5.32 Å². The van der Waals surface area contributed by atoms with Crippen LogP contribution in [-0.4, -0.2) is 27.4 Å². The maximum atomic E-state index is 11.3. The van der Waals surface area contributed by atoms with E-state index >= 15 is 0 Å². The molecule has 4 rings (SSSR count). The summed E-state index contributed by atoms with van der Waals surface area (Å²) in [5, 5.41) is 19.8. The van der Waals surface area contributed by atoms with Crippen LogP contribution in [0.4, 0.5) is 5.82 Å². The summed E-state index contributed by atoms with van der Waals surface area (Å²) in [7, 11) is 0. The van der Waals surface area contributed by atoms with Gasteiger partial charge in [-0.05, 0) is 61.4 Å². The van der Waals surface area contributed by atoms with Crippen molar-refractivity contribution >= 4 is 23.1 Å². The van der Waals surface area contributed by atoms with Gasteiger partial charge in [0.15, 0.2) is 0 Å². The molecule has 5 nitrogen and oxygen atoms in total. The van der Waals surface area contributed by atoms with Crippen LogP contribution in [0.2, 0.25) is 0 Å². The molecule has 0 saturated heterocycles. The summed E-state index contributed by atoms with van der Waals surface area (Å²) < 4.78 is 1.86. The smallest absolute Gasteiger partial charge is 0.335 e. The fraction of sp³-hybridized carbons (Fsp3) is 0.263. The van der Waals surface area contributed by atoms with Crippen molar-refractivity contribution in [2.75, 3.05) is 11.9 Å². The summed E-state index contributed by atoms with van der Waals surface area (Å²) in [6, 6.07) is 9.10. The minimum absolute atomic E-state index is 0.267. The standard InChI is InChI=1S/C19H19N3O2S/c1-12-9-16(25-11-12)17-15-7-2-3-8-20-18(15)22(21-17)14-6-4-5-13(10-14)19(23)24/h4-6,9-11,20H,2-3,7-8H2,1H3,(H,23,24). The second-order valence-electron chi connectivity index (χ2n) is 6.32. The minimum Gasteiger partial charge on any atom is -0.478 e. The van der Waals surface area contributed by atoms with Crippen LogP contribution >= 0.6 is 11.3 Å². The second kappa shape index (κ2) is 6.37. The number of aromatic carboxylic acids is 1. The van der Waals surface area contributed by atoms with E-state index in [0.29, 0.717) is 0 Å². The molecule has 1 aliphatic heterocycles. The van der Waals surface area contributed by atoms with Gasteiger partial charge in [-0.3, -0.25) is 0 Å². The van der Waals surface area contributed by atoms with Gasteiger partial charge in [0.1, 0.15) is 11.5 Å². The summed E-state index contributed by atoms with van der Waals surface area (Å²) in [5.41, 5.74) is 4.50. The van der Waals surface area contributed by atoms with E-state index in [0.717, 1.165) is 47.9 Å². The van der Waals surface area contributed by atoms with E-state index in [1.165, 1.54) is 11.1 Å². The second-order valence-corrected chi connectivity index (χ2v) is 7.23. The molecule has 0 saturated carbocycles. The van der Waals surface area contributed by atoms with Crippen molar-refractivity contribution in [2.24, 2.45) is 0 Å². The van der Waals surface area contributed by atoms with E-state index in [1.807, 2.05) is 10.7 Å². The third kappa shape index (κ3) is 2.93. The number of thiophene rings is 1. The lowest BCUT2D eigenvalue weighted by molar-refractivity contribution is 0.0697.